The van der Waals surface area contributed by atoms with E-state index >= 15 is 0 Å². The number of hydrogen-bond donors (Lipinski definition) is 3. The van der Waals surface area contributed by atoms with Gasteiger partial charge in [0, 0.05) is 17.3 Å². The number of nitrogens with two attached hydrogens (primary N) is 1. The minimum absolute atomic E-state index is 0.0292. The first kappa shape index (κ1) is 18.8. The Morgan fingerprint density at radius 1 is 1.31 bits per heavy atom. The van der Waals surface area contributed by atoms with E-state index in [0.717, 1.165) is 11.6 Å². The second kappa shape index (κ2) is 6.49. The zero-order valence-corrected chi connectivity index (χ0v) is 15.7. The Labute approximate surface area is 164 Å². The number of nitrogens with one attached hydrogen (secondary N) is 1. The average molecular weight is 398 g/mol. The van der Waals surface area contributed by atoms with E-state index in [1.54, 1.807) is 25.1 Å². The van der Waals surface area contributed by atoms with Gasteiger partial charge in [-0.25, -0.2) is 4.79 Å². The molecule has 3 heterocycles. The number of amides is 1. The van der Waals surface area contributed by atoms with Crippen LogP contribution in [0.15, 0.2) is 44.9 Å². The molecule has 1 atom stereocenters. The minimum Gasteiger partial charge on any atom is -0.462 e. The molecule has 2 aromatic rings. The van der Waals surface area contributed by atoms with E-state index in [9.17, 15) is 19.5 Å². The SMILES string of the molecule is CCOC(=O)C1=C(N)Oc2c(oc(CO)cc2=O)C12C(=O)Nc1ccc(C)cc12. The van der Waals surface area contributed by atoms with Gasteiger partial charge >= 0.3 is 5.97 Å². The van der Waals surface area contributed by atoms with E-state index < -0.39 is 35.2 Å². The first-order chi connectivity index (χ1) is 13.8. The molecule has 1 unspecified atom stereocenters. The number of carbonyl (C=O) groups is 2. The highest BCUT2D eigenvalue weighted by Crippen LogP contribution is 2.53. The van der Waals surface area contributed by atoms with Crippen LogP contribution < -0.4 is 21.2 Å². The number of anilines is 1. The molecule has 29 heavy (non-hydrogen) atoms. The number of benzene rings is 1. The summed E-state index contributed by atoms with van der Waals surface area (Å²) in [5.41, 5.74) is 4.80. The third-order valence-corrected chi connectivity index (χ3v) is 4.93. The lowest BCUT2D eigenvalue weighted by atomic mass is 9.71. The zero-order valence-electron chi connectivity index (χ0n) is 15.7. The van der Waals surface area contributed by atoms with Gasteiger partial charge in [-0.05, 0) is 19.9 Å². The highest BCUT2D eigenvalue weighted by molar-refractivity contribution is 6.17. The van der Waals surface area contributed by atoms with Crippen molar-refractivity contribution in [3.63, 3.8) is 0 Å². The van der Waals surface area contributed by atoms with Crippen molar-refractivity contribution in [2.24, 2.45) is 5.73 Å². The molecule has 1 spiro atoms. The molecule has 1 aromatic heterocycles. The molecular weight excluding hydrogens is 380 g/mol. The van der Waals surface area contributed by atoms with Gasteiger partial charge in [0.25, 0.3) is 0 Å². The standard InChI is InChI=1S/C20H18N2O7/c1-3-27-18(25)14-17(21)29-15-13(24)7-10(8-23)28-16(15)20(14)11-6-9(2)4-5-12(11)22-19(20)26/h4-7,23H,3,8,21H2,1-2H3,(H,22,26). The maximum atomic E-state index is 13.4. The van der Waals surface area contributed by atoms with Gasteiger partial charge in [-0.2, -0.15) is 0 Å². The summed E-state index contributed by atoms with van der Waals surface area (Å²) in [6, 6.07) is 6.20. The van der Waals surface area contributed by atoms with Crippen molar-refractivity contribution in [2.75, 3.05) is 11.9 Å². The normalized spacial score (nSPS) is 19.5. The molecule has 0 bridgehead atoms. The van der Waals surface area contributed by atoms with Crippen molar-refractivity contribution in [1.82, 2.24) is 0 Å². The van der Waals surface area contributed by atoms with E-state index in [4.69, 9.17) is 19.6 Å². The number of esters is 1. The van der Waals surface area contributed by atoms with Gasteiger partial charge in [-0.15, -0.1) is 0 Å². The van der Waals surface area contributed by atoms with E-state index in [1.807, 2.05) is 6.92 Å². The molecule has 2 aliphatic heterocycles. The van der Waals surface area contributed by atoms with Gasteiger partial charge < -0.3 is 30.0 Å². The van der Waals surface area contributed by atoms with Gasteiger partial charge in [0.05, 0.1) is 6.61 Å². The third-order valence-electron chi connectivity index (χ3n) is 4.93. The van der Waals surface area contributed by atoms with Gasteiger partial charge in [0.1, 0.15) is 17.9 Å². The van der Waals surface area contributed by atoms with Crippen LogP contribution in [0, 0.1) is 6.92 Å². The summed E-state index contributed by atoms with van der Waals surface area (Å²) in [5.74, 6) is -2.59. The number of ether oxygens (including phenoxy) is 2. The number of aliphatic hydroxyl groups is 1. The van der Waals surface area contributed by atoms with E-state index in [1.165, 1.54) is 0 Å². The largest absolute Gasteiger partial charge is 0.462 e. The van der Waals surface area contributed by atoms with Crippen molar-refractivity contribution < 1.29 is 28.6 Å². The summed E-state index contributed by atoms with van der Waals surface area (Å²) >= 11 is 0. The van der Waals surface area contributed by atoms with Crippen molar-refractivity contribution >= 4 is 17.6 Å². The first-order valence-corrected chi connectivity index (χ1v) is 8.90. The summed E-state index contributed by atoms with van der Waals surface area (Å²) in [6.07, 6.45) is 0. The molecule has 150 valence electrons. The molecule has 4 rings (SSSR count). The second-order valence-corrected chi connectivity index (χ2v) is 6.71. The summed E-state index contributed by atoms with van der Waals surface area (Å²) in [5, 5.41) is 12.2. The molecule has 0 fully saturated rings. The molecule has 2 aliphatic rings. The predicted octanol–water partition coefficient (Wildman–Crippen LogP) is 0.805. The first-order valence-electron chi connectivity index (χ1n) is 8.90. The Morgan fingerprint density at radius 2 is 2.07 bits per heavy atom. The van der Waals surface area contributed by atoms with Crippen LogP contribution in [-0.2, 0) is 26.3 Å². The highest BCUT2D eigenvalue weighted by Gasteiger charge is 2.61. The van der Waals surface area contributed by atoms with Crippen molar-refractivity contribution in [2.45, 2.75) is 25.9 Å². The van der Waals surface area contributed by atoms with Crippen LogP contribution in [0.4, 0.5) is 5.69 Å². The number of rotatable bonds is 3. The smallest absolute Gasteiger partial charge is 0.341 e. The lowest BCUT2D eigenvalue weighted by Crippen LogP contribution is -2.47. The quantitative estimate of drug-likeness (QED) is 0.645. The van der Waals surface area contributed by atoms with Crippen LogP contribution >= 0.6 is 0 Å². The fourth-order valence-electron chi connectivity index (χ4n) is 3.76. The van der Waals surface area contributed by atoms with Crippen LogP contribution in [0.3, 0.4) is 0 Å². The van der Waals surface area contributed by atoms with Gasteiger partial charge in [-0.1, -0.05) is 17.7 Å². The van der Waals surface area contributed by atoms with Gasteiger partial charge in [0.2, 0.25) is 23.0 Å². The van der Waals surface area contributed by atoms with Gasteiger partial charge in [-0.3, -0.25) is 9.59 Å². The van der Waals surface area contributed by atoms with Crippen LogP contribution in [0.25, 0.3) is 0 Å². The maximum absolute atomic E-state index is 13.4. The molecule has 1 amide bonds. The Bertz CT molecular complexity index is 1150. The zero-order chi connectivity index (χ0) is 20.9. The average Bonchev–Trinajstić information content (AvgIpc) is 2.95. The summed E-state index contributed by atoms with van der Waals surface area (Å²) < 4.78 is 16.2. The lowest BCUT2D eigenvalue weighted by Gasteiger charge is -2.33. The number of aryl methyl sites for hydroxylation is 1. The molecule has 9 nitrogen and oxygen atoms in total. The fourth-order valence-corrected chi connectivity index (χ4v) is 3.76. The molecule has 9 heteroatoms. The molecule has 0 saturated carbocycles. The van der Waals surface area contributed by atoms with Gasteiger partial charge in [0.15, 0.2) is 11.2 Å². The Balaban J connectivity index is 2.16. The second-order valence-electron chi connectivity index (χ2n) is 6.71. The molecule has 0 radical (unpaired) electrons. The molecule has 4 N–H and O–H groups in total. The van der Waals surface area contributed by atoms with Crippen molar-refractivity contribution in [3.8, 4) is 5.75 Å². The van der Waals surface area contributed by atoms with Crippen LogP contribution in [0.2, 0.25) is 0 Å². The summed E-state index contributed by atoms with van der Waals surface area (Å²) in [4.78, 5) is 38.8. The summed E-state index contributed by atoms with van der Waals surface area (Å²) in [6.45, 7) is 2.86. The Morgan fingerprint density at radius 3 is 2.76 bits per heavy atom. The monoisotopic (exact) mass is 398 g/mol. The Hall–Kier alpha value is -3.59. The fraction of sp³-hybridized carbons (Fsp3) is 0.250. The molecule has 0 saturated heterocycles. The van der Waals surface area contributed by atoms with Crippen LogP contribution in [0.1, 0.15) is 29.6 Å². The predicted molar refractivity (Wildman–Crippen MR) is 100.0 cm³/mol. The van der Waals surface area contributed by atoms with E-state index in [2.05, 4.69) is 5.32 Å². The maximum Gasteiger partial charge on any atom is 0.341 e. The third kappa shape index (κ3) is 2.47. The Kier molecular flexibility index (Phi) is 4.20. The molecule has 0 aliphatic carbocycles. The number of fused-ring (bicyclic) bond motifs is 4. The highest BCUT2D eigenvalue weighted by atomic mass is 16.5. The topological polar surface area (TPSA) is 141 Å². The number of carbonyl (C=O) groups excluding carboxylic acids is 2. The van der Waals surface area contributed by atoms with Crippen molar-refractivity contribution in [1.29, 1.82) is 0 Å². The number of aliphatic hydroxyl groups excluding tert-OH is 1. The molecular formula is C20H18N2O7. The van der Waals surface area contributed by atoms with E-state index in [-0.39, 0.29) is 29.4 Å². The molecule has 1 aromatic carbocycles. The minimum atomic E-state index is -1.89. The summed E-state index contributed by atoms with van der Waals surface area (Å²) in [7, 11) is 0. The van der Waals surface area contributed by atoms with Crippen LogP contribution in [0.5, 0.6) is 5.75 Å². The van der Waals surface area contributed by atoms with Crippen molar-refractivity contribution in [3.05, 3.63) is 68.6 Å². The van der Waals surface area contributed by atoms with Crippen LogP contribution in [-0.4, -0.2) is 23.6 Å². The lowest BCUT2D eigenvalue weighted by molar-refractivity contribution is -0.141. The van der Waals surface area contributed by atoms with E-state index in [0.29, 0.717) is 11.3 Å². The number of hydrogen-bond acceptors (Lipinski definition) is 8.